The number of rotatable bonds is 6. The van der Waals surface area contributed by atoms with Crippen molar-refractivity contribution in [3.8, 4) is 5.75 Å². The van der Waals surface area contributed by atoms with Crippen LogP contribution in [-0.4, -0.2) is 22.3 Å². The number of hydrogen-bond donors (Lipinski definition) is 1. The molecule has 2 heterocycles. The Bertz CT molecular complexity index is 1230. The first-order chi connectivity index (χ1) is 14.8. The van der Waals surface area contributed by atoms with Crippen LogP contribution in [0.25, 0.3) is 10.8 Å². The largest absolute Gasteiger partial charge is 0.573 e. The van der Waals surface area contributed by atoms with Crippen LogP contribution >= 0.6 is 7.15 Å². The van der Waals surface area contributed by atoms with E-state index in [0.29, 0.717) is 5.75 Å². The van der Waals surface area contributed by atoms with Crippen LogP contribution < -0.4 is 15.8 Å². The molecule has 1 saturated heterocycles. The smallest absolute Gasteiger partial charge is 0.351 e. The molecular weight excluding hydrogens is 435 g/mol. The molecule has 3 aromatic rings. The lowest BCUT2D eigenvalue weighted by atomic mass is 9.78. The van der Waals surface area contributed by atoms with Gasteiger partial charge in [0, 0.05) is 23.1 Å². The van der Waals surface area contributed by atoms with Crippen LogP contribution in [0.15, 0.2) is 64.3 Å². The Labute approximate surface area is 185 Å². The highest BCUT2D eigenvalue weighted by atomic mass is 32.4. The molecule has 0 bridgehead atoms. The average molecular weight is 459 g/mol. The number of aromatic nitrogens is 2. The first-order valence-electron chi connectivity index (χ1n) is 10.00. The highest BCUT2D eigenvalue weighted by Gasteiger charge is 2.50. The molecule has 0 radical (unpaired) electrons. The van der Waals surface area contributed by atoms with Crippen LogP contribution in [0.1, 0.15) is 27.0 Å². The molecule has 1 N–H and O–H groups in total. The second-order valence-electron chi connectivity index (χ2n) is 8.24. The van der Waals surface area contributed by atoms with E-state index in [9.17, 15) is 9.59 Å². The first-order valence-corrected chi connectivity index (χ1v) is 12.2. The van der Waals surface area contributed by atoms with E-state index in [1.54, 1.807) is 0 Å². The Morgan fingerprint density at radius 2 is 1.90 bits per heavy atom. The van der Waals surface area contributed by atoms with E-state index >= 15 is 0 Å². The van der Waals surface area contributed by atoms with Gasteiger partial charge in [0.25, 0.3) is 5.56 Å². The zero-order chi connectivity index (χ0) is 22.2. The number of H-pyrrole nitrogens is 1. The fraction of sp³-hybridized carbons (Fsp3) is 0.364. The minimum atomic E-state index is -1.59. The van der Waals surface area contributed by atoms with Gasteiger partial charge < -0.3 is 4.74 Å². The fourth-order valence-corrected chi connectivity index (χ4v) is 4.96. The predicted octanol–water partition coefficient (Wildman–Crippen LogP) is 4.12. The second kappa shape index (κ2) is 8.63. The SMILES string of the molecule is CC1C(CO[P+](=S)Oc2cccc3ccccc23)OC(n2ccc(=O)[nH]c2=O)C1(C)C. The van der Waals surface area contributed by atoms with Crippen molar-refractivity contribution in [2.45, 2.75) is 33.1 Å². The summed E-state index contributed by atoms with van der Waals surface area (Å²) in [6.07, 6.45) is 0.659. The molecule has 0 saturated carbocycles. The van der Waals surface area contributed by atoms with Gasteiger partial charge in [-0.25, -0.2) is 9.32 Å². The van der Waals surface area contributed by atoms with Gasteiger partial charge in [0.05, 0.1) is 6.10 Å². The van der Waals surface area contributed by atoms with Gasteiger partial charge in [0.15, 0.2) is 5.75 Å². The molecular formula is C22H24N2O5PS+. The van der Waals surface area contributed by atoms with E-state index in [4.69, 9.17) is 25.6 Å². The highest BCUT2D eigenvalue weighted by molar-refractivity contribution is 8.00. The third-order valence-electron chi connectivity index (χ3n) is 6.04. The van der Waals surface area contributed by atoms with Crippen LogP contribution in [-0.2, 0) is 21.1 Å². The second-order valence-corrected chi connectivity index (χ2v) is 10.0. The van der Waals surface area contributed by atoms with Crippen molar-refractivity contribution in [2.75, 3.05) is 6.61 Å². The van der Waals surface area contributed by atoms with Crippen molar-refractivity contribution in [2.24, 2.45) is 11.3 Å². The maximum Gasteiger partial charge on any atom is 0.573 e. The number of hydrogen-bond acceptors (Lipinski definition) is 6. The number of benzene rings is 2. The van der Waals surface area contributed by atoms with E-state index in [1.165, 1.54) is 16.8 Å². The third-order valence-corrected chi connectivity index (χ3v) is 7.29. The topological polar surface area (TPSA) is 82.6 Å². The molecule has 4 unspecified atom stereocenters. The maximum absolute atomic E-state index is 12.3. The summed E-state index contributed by atoms with van der Waals surface area (Å²) in [5.41, 5.74) is -1.30. The summed E-state index contributed by atoms with van der Waals surface area (Å²) in [6.45, 7) is 6.37. The maximum atomic E-state index is 12.3. The molecule has 1 aliphatic rings. The van der Waals surface area contributed by atoms with E-state index in [1.807, 2.05) is 56.3 Å². The summed E-state index contributed by atoms with van der Waals surface area (Å²) >= 11 is 5.44. The van der Waals surface area contributed by atoms with Crippen LogP contribution in [0.2, 0.25) is 0 Å². The Balaban J connectivity index is 1.45. The molecule has 1 aliphatic heterocycles. The third kappa shape index (κ3) is 4.34. The van der Waals surface area contributed by atoms with Gasteiger partial charge in [-0.2, -0.15) is 0 Å². The summed E-state index contributed by atoms with van der Waals surface area (Å²) in [4.78, 5) is 26.0. The van der Waals surface area contributed by atoms with Crippen molar-refractivity contribution in [1.82, 2.24) is 9.55 Å². The Morgan fingerprint density at radius 3 is 2.68 bits per heavy atom. The first kappa shape index (κ1) is 21.8. The molecule has 0 amide bonds. The van der Waals surface area contributed by atoms with Crippen LogP contribution in [0.4, 0.5) is 0 Å². The molecule has 31 heavy (non-hydrogen) atoms. The number of fused-ring (bicyclic) bond motifs is 1. The van der Waals surface area contributed by atoms with Gasteiger partial charge in [0.2, 0.25) is 11.8 Å². The van der Waals surface area contributed by atoms with E-state index in [0.717, 1.165) is 10.8 Å². The molecule has 4 rings (SSSR count). The van der Waals surface area contributed by atoms with Gasteiger partial charge in [-0.15, -0.1) is 4.52 Å². The Kier molecular flexibility index (Phi) is 6.08. The molecule has 1 fully saturated rings. The van der Waals surface area contributed by atoms with Crippen molar-refractivity contribution < 1.29 is 13.8 Å². The normalized spacial score (nSPS) is 23.1. The molecule has 0 aliphatic carbocycles. The molecule has 4 atom stereocenters. The number of ether oxygens (including phenoxy) is 1. The van der Waals surface area contributed by atoms with Crippen molar-refractivity contribution >= 4 is 29.7 Å². The Hall–Kier alpha value is -2.38. The van der Waals surface area contributed by atoms with E-state index in [-0.39, 0.29) is 24.0 Å². The number of nitrogens with zero attached hydrogens (tertiary/aromatic N) is 1. The van der Waals surface area contributed by atoms with Crippen molar-refractivity contribution in [3.05, 3.63) is 75.6 Å². The Morgan fingerprint density at radius 1 is 1.16 bits per heavy atom. The lowest BCUT2D eigenvalue weighted by Gasteiger charge is -2.29. The average Bonchev–Trinajstić information content (AvgIpc) is 2.96. The van der Waals surface area contributed by atoms with Gasteiger partial charge in [-0.3, -0.25) is 14.3 Å². The number of aromatic amines is 1. The quantitative estimate of drug-likeness (QED) is 0.559. The molecule has 2 aromatic carbocycles. The van der Waals surface area contributed by atoms with Crippen LogP contribution in [0, 0.1) is 11.3 Å². The summed E-state index contributed by atoms with van der Waals surface area (Å²) in [5, 5.41) is 2.05. The molecule has 1 aromatic heterocycles. The van der Waals surface area contributed by atoms with E-state index < -0.39 is 24.6 Å². The molecule has 9 heteroatoms. The summed E-state index contributed by atoms with van der Waals surface area (Å²) in [5.74, 6) is 0.768. The van der Waals surface area contributed by atoms with Crippen LogP contribution in [0.5, 0.6) is 5.75 Å². The van der Waals surface area contributed by atoms with Gasteiger partial charge >= 0.3 is 12.8 Å². The molecule has 162 valence electrons. The lowest BCUT2D eigenvalue weighted by molar-refractivity contribution is -0.0460. The van der Waals surface area contributed by atoms with Gasteiger partial charge in [-0.1, -0.05) is 57.2 Å². The fourth-order valence-electron chi connectivity index (χ4n) is 3.90. The number of nitrogens with one attached hydrogen (secondary N) is 1. The molecule has 7 nitrogen and oxygen atoms in total. The van der Waals surface area contributed by atoms with Crippen LogP contribution in [0.3, 0.4) is 0 Å². The highest BCUT2D eigenvalue weighted by Crippen LogP contribution is 2.49. The predicted molar refractivity (Wildman–Crippen MR) is 123 cm³/mol. The lowest BCUT2D eigenvalue weighted by Crippen LogP contribution is -2.37. The zero-order valence-electron chi connectivity index (χ0n) is 17.5. The standard InChI is InChI=1S/C22H23N2O5PS/c1-14-18(28-20(22(14,2)3)24-12-11-19(25)23-21(24)26)13-27-30(31)29-17-10-6-8-15-7-4-5-9-16(15)17/h4-12,14,18,20H,13H2,1-3H3/p+1. The van der Waals surface area contributed by atoms with Crippen molar-refractivity contribution in [3.63, 3.8) is 0 Å². The summed E-state index contributed by atoms with van der Waals surface area (Å²) in [6, 6.07) is 15.1. The minimum Gasteiger partial charge on any atom is -0.351 e. The minimum absolute atomic E-state index is 0.0762. The van der Waals surface area contributed by atoms with Gasteiger partial charge in [-0.05, 0) is 17.4 Å². The van der Waals surface area contributed by atoms with Gasteiger partial charge in [0.1, 0.15) is 12.8 Å². The molecule has 0 spiro atoms. The zero-order valence-corrected chi connectivity index (χ0v) is 19.2. The van der Waals surface area contributed by atoms with E-state index in [2.05, 4.69) is 11.9 Å². The summed E-state index contributed by atoms with van der Waals surface area (Å²) in [7, 11) is -1.59. The van der Waals surface area contributed by atoms with Crippen molar-refractivity contribution in [1.29, 1.82) is 0 Å². The monoisotopic (exact) mass is 459 g/mol. The summed E-state index contributed by atoms with van der Waals surface area (Å²) < 4.78 is 19.4.